The highest BCUT2D eigenvalue weighted by Gasteiger charge is 2.51. The average Bonchev–Trinajstić information content (AvgIpc) is 2.84. The Bertz CT molecular complexity index is 654. The van der Waals surface area contributed by atoms with Crippen LogP contribution in [0.25, 0.3) is 0 Å². The van der Waals surface area contributed by atoms with Gasteiger partial charge in [-0.1, -0.05) is 0 Å². The van der Waals surface area contributed by atoms with Crippen molar-refractivity contribution in [3.63, 3.8) is 0 Å². The van der Waals surface area contributed by atoms with Gasteiger partial charge in [-0.3, -0.25) is 0 Å². The van der Waals surface area contributed by atoms with Crippen molar-refractivity contribution in [1.82, 2.24) is 0 Å². The van der Waals surface area contributed by atoms with E-state index in [1.165, 1.54) is 7.11 Å². The molecule has 0 aromatic heterocycles. The van der Waals surface area contributed by atoms with Crippen LogP contribution in [0, 0.1) is 0 Å². The van der Waals surface area contributed by atoms with Gasteiger partial charge in [0.1, 0.15) is 73.2 Å². The molecule has 0 spiro atoms. The van der Waals surface area contributed by atoms with E-state index in [9.17, 15) is 51.1 Å². The first kappa shape index (κ1) is 28.9. The van der Waals surface area contributed by atoms with E-state index in [1.807, 2.05) is 0 Å². The van der Waals surface area contributed by atoms with Crippen LogP contribution in [0.2, 0.25) is 0 Å². The van der Waals surface area contributed by atoms with Crippen LogP contribution in [0.5, 0.6) is 0 Å². The van der Waals surface area contributed by atoms with Gasteiger partial charge in [-0.25, -0.2) is 0 Å². The number of ether oxygens (including phenoxy) is 6. The fourth-order valence-corrected chi connectivity index (χ4v) is 4.10. The molecule has 0 radical (unpaired) electrons. The summed E-state index contributed by atoms with van der Waals surface area (Å²) in [7, 11) is 1.33. The van der Waals surface area contributed by atoms with E-state index in [0.717, 1.165) is 0 Å². The van der Waals surface area contributed by atoms with Crippen LogP contribution in [0.1, 0.15) is 0 Å². The smallest absolute Gasteiger partial charge is 0.187 e. The third-order valence-electron chi connectivity index (χ3n) is 6.22. The second-order valence-corrected chi connectivity index (χ2v) is 8.65. The van der Waals surface area contributed by atoms with Gasteiger partial charge in [0.15, 0.2) is 18.9 Å². The average molecular weight is 518 g/mol. The molecule has 3 fully saturated rings. The standard InChI is InChI=1S/C19H34O16/c1-30-3-6-9(22)12(25)13(26)18(34-6)31-4-7-10(23)16(15(28)17(29)32-7)35-19-14(27)11(24)8(21)5(2-20)33-19/h5-29H,2-4H2,1H3/t5-,6-,7-,8-,9-,10-,11+,12+,13+,14+,15+,16+,17-,18+,19-/m1/s1. The molecule has 3 heterocycles. The Balaban J connectivity index is 1.65. The van der Waals surface area contributed by atoms with Crippen molar-refractivity contribution in [3.8, 4) is 0 Å². The van der Waals surface area contributed by atoms with Crippen LogP contribution in [0.15, 0.2) is 0 Å². The van der Waals surface area contributed by atoms with Gasteiger partial charge in [0, 0.05) is 7.11 Å². The van der Waals surface area contributed by atoms with E-state index >= 15 is 0 Å². The molecule has 16 heteroatoms. The molecule has 35 heavy (non-hydrogen) atoms. The Morgan fingerprint density at radius 2 is 1.11 bits per heavy atom. The highest BCUT2D eigenvalue weighted by Crippen LogP contribution is 2.30. The summed E-state index contributed by atoms with van der Waals surface area (Å²) in [6.45, 7) is -1.44. The van der Waals surface area contributed by atoms with E-state index in [-0.39, 0.29) is 6.61 Å². The molecule has 0 aromatic carbocycles. The van der Waals surface area contributed by atoms with E-state index in [4.69, 9.17) is 28.4 Å². The van der Waals surface area contributed by atoms with Gasteiger partial charge >= 0.3 is 0 Å². The third kappa shape index (κ3) is 6.10. The minimum Gasteiger partial charge on any atom is -0.394 e. The monoisotopic (exact) mass is 518 g/mol. The van der Waals surface area contributed by atoms with Gasteiger partial charge < -0.3 is 79.5 Å². The minimum atomic E-state index is -1.91. The number of rotatable bonds is 8. The van der Waals surface area contributed by atoms with Gasteiger partial charge in [-0.05, 0) is 0 Å². The highest BCUT2D eigenvalue weighted by atomic mass is 16.7. The first-order valence-electron chi connectivity index (χ1n) is 11.0. The summed E-state index contributed by atoms with van der Waals surface area (Å²) >= 11 is 0. The summed E-state index contributed by atoms with van der Waals surface area (Å²) in [5, 5.41) is 100. The molecular formula is C19H34O16. The van der Waals surface area contributed by atoms with Gasteiger partial charge in [0.25, 0.3) is 0 Å². The van der Waals surface area contributed by atoms with Crippen molar-refractivity contribution in [3.05, 3.63) is 0 Å². The van der Waals surface area contributed by atoms with Crippen molar-refractivity contribution in [2.45, 2.75) is 92.1 Å². The quantitative estimate of drug-likeness (QED) is 0.143. The summed E-state index contributed by atoms with van der Waals surface area (Å²) < 4.78 is 31.4. The fraction of sp³-hybridized carbons (Fsp3) is 1.00. The van der Waals surface area contributed by atoms with Crippen LogP contribution >= 0.6 is 0 Å². The molecular weight excluding hydrogens is 484 g/mol. The van der Waals surface area contributed by atoms with Crippen LogP contribution in [-0.4, -0.2) is 170 Å². The van der Waals surface area contributed by atoms with Gasteiger partial charge in [0.2, 0.25) is 0 Å². The predicted octanol–water partition coefficient (Wildman–Crippen LogP) is -6.92. The van der Waals surface area contributed by atoms with Crippen LogP contribution < -0.4 is 0 Å². The maximum Gasteiger partial charge on any atom is 0.187 e. The molecule has 0 amide bonds. The number of aliphatic hydroxyl groups excluding tert-OH is 10. The van der Waals surface area contributed by atoms with Crippen LogP contribution in [-0.2, 0) is 28.4 Å². The lowest BCUT2D eigenvalue weighted by molar-refractivity contribution is -0.361. The zero-order chi connectivity index (χ0) is 26.0. The molecule has 15 atom stereocenters. The second-order valence-electron chi connectivity index (χ2n) is 8.65. The molecule has 3 rings (SSSR count). The summed E-state index contributed by atoms with van der Waals surface area (Å²) in [5.41, 5.74) is 0. The Morgan fingerprint density at radius 1 is 0.571 bits per heavy atom. The molecule has 10 N–H and O–H groups in total. The maximum atomic E-state index is 10.7. The maximum absolute atomic E-state index is 10.7. The SMILES string of the molecule is COC[C@H]1O[C@H](OC[C@H]2O[C@@H](O)[C@@H](O)[C@@H](O[C@H]3O[C@H](CO)[C@@H](O)[C@H](O)[C@@H]3O)[C@@H]2O)[C@@H](O)[C@@H](O)[C@@H]1O. The van der Waals surface area contributed by atoms with Crippen molar-refractivity contribution in [1.29, 1.82) is 0 Å². The Kier molecular flexibility index (Phi) is 10.1. The predicted molar refractivity (Wildman–Crippen MR) is 106 cm³/mol. The van der Waals surface area contributed by atoms with E-state index in [1.54, 1.807) is 0 Å². The third-order valence-corrected chi connectivity index (χ3v) is 6.22. The molecule has 0 aliphatic carbocycles. The fourth-order valence-electron chi connectivity index (χ4n) is 4.10. The molecule has 206 valence electrons. The summed E-state index contributed by atoms with van der Waals surface area (Å²) in [5.74, 6) is 0. The number of hydrogen-bond donors (Lipinski definition) is 10. The lowest BCUT2D eigenvalue weighted by Gasteiger charge is -2.45. The van der Waals surface area contributed by atoms with Gasteiger partial charge in [-0.15, -0.1) is 0 Å². The highest BCUT2D eigenvalue weighted by molar-refractivity contribution is 4.94. The normalized spacial score (nSPS) is 51.3. The van der Waals surface area contributed by atoms with Crippen molar-refractivity contribution >= 4 is 0 Å². The molecule has 0 unspecified atom stereocenters. The Morgan fingerprint density at radius 3 is 1.71 bits per heavy atom. The zero-order valence-electron chi connectivity index (χ0n) is 18.7. The second kappa shape index (κ2) is 12.3. The molecule has 3 aliphatic rings. The lowest BCUT2D eigenvalue weighted by Crippen LogP contribution is -2.65. The number of methoxy groups -OCH3 is 1. The van der Waals surface area contributed by atoms with Gasteiger partial charge in [-0.2, -0.15) is 0 Å². The summed E-state index contributed by atoms with van der Waals surface area (Å²) in [6, 6.07) is 0. The van der Waals surface area contributed by atoms with Crippen LogP contribution in [0.3, 0.4) is 0 Å². The first-order chi connectivity index (χ1) is 16.5. The van der Waals surface area contributed by atoms with E-state index in [0.29, 0.717) is 0 Å². The Hall–Kier alpha value is -0.640. The van der Waals surface area contributed by atoms with Crippen molar-refractivity contribution in [2.24, 2.45) is 0 Å². The largest absolute Gasteiger partial charge is 0.394 e. The van der Waals surface area contributed by atoms with Crippen molar-refractivity contribution < 1.29 is 79.5 Å². The molecule has 0 bridgehead atoms. The Labute approximate surface area is 199 Å². The minimum absolute atomic E-state index is 0.132. The summed E-state index contributed by atoms with van der Waals surface area (Å²) in [6.07, 6.45) is -24.2. The zero-order valence-corrected chi connectivity index (χ0v) is 18.7. The molecule has 0 aromatic rings. The topological polar surface area (TPSA) is 258 Å². The molecule has 3 saturated heterocycles. The van der Waals surface area contributed by atoms with E-state index in [2.05, 4.69) is 0 Å². The number of aliphatic hydroxyl groups is 10. The first-order valence-corrected chi connectivity index (χ1v) is 11.0. The van der Waals surface area contributed by atoms with E-state index < -0.39 is 105 Å². The molecule has 0 saturated carbocycles. The van der Waals surface area contributed by atoms with Gasteiger partial charge in [0.05, 0.1) is 19.8 Å². The lowest BCUT2D eigenvalue weighted by atomic mass is 9.97. The van der Waals surface area contributed by atoms with Crippen molar-refractivity contribution in [2.75, 3.05) is 26.9 Å². The molecule has 3 aliphatic heterocycles. The number of hydrogen-bond acceptors (Lipinski definition) is 16. The molecule has 16 nitrogen and oxygen atoms in total. The summed E-state index contributed by atoms with van der Waals surface area (Å²) in [4.78, 5) is 0. The van der Waals surface area contributed by atoms with Crippen LogP contribution in [0.4, 0.5) is 0 Å².